The number of nitro benzene ring substituents is 1. The summed E-state index contributed by atoms with van der Waals surface area (Å²) in [7, 11) is 0. The molecule has 1 amide bonds. The van der Waals surface area contributed by atoms with E-state index in [0.717, 1.165) is 5.56 Å². The van der Waals surface area contributed by atoms with E-state index < -0.39 is 4.92 Å². The van der Waals surface area contributed by atoms with Crippen molar-refractivity contribution in [3.8, 4) is 17.4 Å². The maximum Gasteiger partial charge on any atom is 0.270 e. The van der Waals surface area contributed by atoms with Gasteiger partial charge >= 0.3 is 0 Å². The number of morpholine rings is 1. The summed E-state index contributed by atoms with van der Waals surface area (Å²) in [5.74, 6) is 0.387. The van der Waals surface area contributed by atoms with Crippen molar-refractivity contribution >= 4 is 17.7 Å². The SMILES string of the molecule is Cc1ccc([N+](=O)[O-])cc1-c1ccc(C=C(C#N)C(=O)N2CCOCC2)o1. The minimum absolute atomic E-state index is 0.0337. The number of carbonyl (C=O) groups is 1. The van der Waals surface area contributed by atoms with Gasteiger partial charge in [0, 0.05) is 36.9 Å². The van der Waals surface area contributed by atoms with E-state index in [9.17, 15) is 20.2 Å². The van der Waals surface area contributed by atoms with E-state index in [4.69, 9.17) is 9.15 Å². The van der Waals surface area contributed by atoms with E-state index in [1.54, 1.807) is 23.1 Å². The number of carbonyl (C=O) groups excluding carboxylic acids is 1. The van der Waals surface area contributed by atoms with E-state index in [1.807, 2.05) is 13.0 Å². The number of amides is 1. The first-order valence-electron chi connectivity index (χ1n) is 8.33. The monoisotopic (exact) mass is 367 g/mol. The molecule has 0 spiro atoms. The summed E-state index contributed by atoms with van der Waals surface area (Å²) in [5.41, 5.74) is 1.33. The highest BCUT2D eigenvalue weighted by Gasteiger charge is 2.21. The van der Waals surface area contributed by atoms with Crippen molar-refractivity contribution in [1.82, 2.24) is 4.90 Å². The minimum atomic E-state index is -0.471. The van der Waals surface area contributed by atoms with Crippen molar-refractivity contribution in [3.05, 3.63) is 57.3 Å². The van der Waals surface area contributed by atoms with Crippen LogP contribution in [0.25, 0.3) is 17.4 Å². The lowest BCUT2D eigenvalue weighted by Gasteiger charge is -2.26. The van der Waals surface area contributed by atoms with E-state index in [2.05, 4.69) is 0 Å². The number of hydrogen-bond acceptors (Lipinski definition) is 6. The first-order chi connectivity index (χ1) is 13.0. The van der Waals surface area contributed by atoms with Gasteiger partial charge in [-0.15, -0.1) is 0 Å². The van der Waals surface area contributed by atoms with Crippen LogP contribution in [-0.4, -0.2) is 42.0 Å². The summed E-state index contributed by atoms with van der Waals surface area (Å²) >= 11 is 0. The Labute approximate surface area is 155 Å². The summed E-state index contributed by atoms with van der Waals surface area (Å²) in [6, 6.07) is 9.70. The number of nitriles is 1. The van der Waals surface area contributed by atoms with Crippen LogP contribution in [0.5, 0.6) is 0 Å². The minimum Gasteiger partial charge on any atom is -0.457 e. The molecule has 0 aliphatic carbocycles. The molecule has 1 saturated heterocycles. The Kier molecular flexibility index (Phi) is 5.33. The van der Waals surface area contributed by atoms with Crippen molar-refractivity contribution < 1.29 is 18.9 Å². The smallest absolute Gasteiger partial charge is 0.270 e. The van der Waals surface area contributed by atoms with Crippen LogP contribution in [-0.2, 0) is 9.53 Å². The molecule has 0 bridgehead atoms. The molecule has 2 heterocycles. The molecule has 0 radical (unpaired) electrons. The standard InChI is InChI=1S/C19H17N3O5/c1-13-2-3-15(22(24)25)11-17(13)18-5-4-16(27-18)10-14(12-20)19(23)21-6-8-26-9-7-21/h2-5,10-11H,6-9H2,1H3. The van der Waals surface area contributed by atoms with Crippen LogP contribution < -0.4 is 0 Å². The van der Waals surface area contributed by atoms with Crippen LogP contribution in [0, 0.1) is 28.4 Å². The average molecular weight is 367 g/mol. The molecule has 1 aliphatic heterocycles. The quantitative estimate of drug-likeness (QED) is 0.356. The van der Waals surface area contributed by atoms with Gasteiger partial charge in [-0.3, -0.25) is 14.9 Å². The summed E-state index contributed by atoms with van der Waals surface area (Å²) in [6.07, 6.45) is 1.38. The number of non-ortho nitro benzene ring substituents is 1. The number of furan rings is 1. The summed E-state index contributed by atoms with van der Waals surface area (Å²) < 4.78 is 10.9. The van der Waals surface area contributed by atoms with Gasteiger partial charge in [0.25, 0.3) is 11.6 Å². The van der Waals surface area contributed by atoms with E-state index in [0.29, 0.717) is 43.4 Å². The number of nitrogens with zero attached hydrogens (tertiary/aromatic N) is 3. The topological polar surface area (TPSA) is 110 Å². The van der Waals surface area contributed by atoms with Crippen molar-refractivity contribution in [2.24, 2.45) is 0 Å². The molecule has 0 saturated carbocycles. The first kappa shape index (κ1) is 18.4. The number of rotatable bonds is 4. The number of hydrogen-bond donors (Lipinski definition) is 0. The van der Waals surface area contributed by atoms with Crippen LogP contribution in [0.2, 0.25) is 0 Å². The zero-order valence-electron chi connectivity index (χ0n) is 14.7. The Morgan fingerprint density at radius 2 is 2.04 bits per heavy atom. The molecular weight excluding hydrogens is 350 g/mol. The van der Waals surface area contributed by atoms with Crippen LogP contribution in [0.4, 0.5) is 5.69 Å². The van der Waals surface area contributed by atoms with Gasteiger partial charge in [-0.1, -0.05) is 6.07 Å². The normalized spacial score (nSPS) is 14.7. The molecule has 1 fully saturated rings. The highest BCUT2D eigenvalue weighted by molar-refractivity contribution is 6.01. The van der Waals surface area contributed by atoms with Gasteiger partial charge in [0.1, 0.15) is 23.2 Å². The average Bonchev–Trinajstić information content (AvgIpc) is 3.14. The molecule has 3 rings (SSSR count). The predicted octanol–water partition coefficient (Wildman–Crippen LogP) is 2.93. The molecule has 8 nitrogen and oxygen atoms in total. The van der Waals surface area contributed by atoms with Crippen molar-refractivity contribution in [2.75, 3.05) is 26.3 Å². The van der Waals surface area contributed by atoms with Crippen LogP contribution >= 0.6 is 0 Å². The van der Waals surface area contributed by atoms with Gasteiger partial charge in [0.2, 0.25) is 0 Å². The van der Waals surface area contributed by atoms with Crippen LogP contribution in [0.15, 0.2) is 40.3 Å². The molecule has 2 aromatic rings. The largest absolute Gasteiger partial charge is 0.457 e. The molecule has 1 aromatic carbocycles. The van der Waals surface area contributed by atoms with Crippen molar-refractivity contribution in [3.63, 3.8) is 0 Å². The molecule has 8 heteroatoms. The van der Waals surface area contributed by atoms with Gasteiger partial charge in [-0.05, 0) is 24.6 Å². The highest BCUT2D eigenvalue weighted by Crippen LogP contribution is 2.29. The molecule has 1 aromatic heterocycles. The fourth-order valence-electron chi connectivity index (χ4n) is 2.79. The number of benzene rings is 1. The van der Waals surface area contributed by atoms with Crippen molar-refractivity contribution in [2.45, 2.75) is 6.92 Å². The van der Waals surface area contributed by atoms with E-state index in [-0.39, 0.29) is 17.2 Å². The number of nitro groups is 1. The summed E-state index contributed by atoms with van der Waals surface area (Å²) in [5, 5.41) is 20.3. The van der Waals surface area contributed by atoms with E-state index in [1.165, 1.54) is 18.2 Å². The zero-order chi connectivity index (χ0) is 19.4. The molecule has 0 N–H and O–H groups in total. The second kappa shape index (κ2) is 7.85. The lowest BCUT2D eigenvalue weighted by Crippen LogP contribution is -2.41. The Morgan fingerprint density at radius 3 is 2.70 bits per heavy atom. The first-order valence-corrected chi connectivity index (χ1v) is 8.33. The maximum absolute atomic E-state index is 12.4. The molecule has 1 aliphatic rings. The van der Waals surface area contributed by atoms with E-state index >= 15 is 0 Å². The Morgan fingerprint density at radius 1 is 1.30 bits per heavy atom. The van der Waals surface area contributed by atoms with Gasteiger partial charge in [0.15, 0.2) is 0 Å². The molecule has 0 unspecified atom stereocenters. The maximum atomic E-state index is 12.4. The van der Waals surface area contributed by atoms with Gasteiger partial charge < -0.3 is 14.1 Å². The van der Waals surface area contributed by atoms with Gasteiger partial charge in [0.05, 0.1) is 18.1 Å². The predicted molar refractivity (Wildman–Crippen MR) is 96.5 cm³/mol. The highest BCUT2D eigenvalue weighted by atomic mass is 16.6. The third kappa shape index (κ3) is 4.04. The summed E-state index contributed by atoms with van der Waals surface area (Å²) in [6.45, 7) is 3.59. The molecule has 0 atom stereocenters. The fourth-order valence-corrected chi connectivity index (χ4v) is 2.79. The van der Waals surface area contributed by atoms with Gasteiger partial charge in [-0.2, -0.15) is 5.26 Å². The summed E-state index contributed by atoms with van der Waals surface area (Å²) in [4.78, 5) is 24.5. The number of ether oxygens (including phenoxy) is 1. The van der Waals surface area contributed by atoms with Crippen LogP contribution in [0.1, 0.15) is 11.3 Å². The van der Waals surface area contributed by atoms with Crippen molar-refractivity contribution in [1.29, 1.82) is 5.26 Å². The van der Waals surface area contributed by atoms with Crippen LogP contribution in [0.3, 0.4) is 0 Å². The molecule has 138 valence electrons. The Bertz CT molecular complexity index is 948. The fraction of sp³-hybridized carbons (Fsp3) is 0.263. The molecule has 27 heavy (non-hydrogen) atoms. The van der Waals surface area contributed by atoms with Gasteiger partial charge in [-0.25, -0.2) is 0 Å². The Balaban J connectivity index is 1.87. The zero-order valence-corrected chi connectivity index (χ0v) is 14.7. The number of aryl methyl sites for hydroxylation is 1. The molecular formula is C19H17N3O5. The second-order valence-corrected chi connectivity index (χ2v) is 6.03. The second-order valence-electron chi connectivity index (χ2n) is 6.03. The Hall–Kier alpha value is -3.44. The lowest BCUT2D eigenvalue weighted by atomic mass is 10.1. The third-order valence-electron chi connectivity index (χ3n) is 4.26. The lowest BCUT2D eigenvalue weighted by molar-refractivity contribution is -0.384. The third-order valence-corrected chi connectivity index (χ3v) is 4.26.